The average molecular weight is 360 g/mol. The summed E-state index contributed by atoms with van der Waals surface area (Å²) in [5, 5.41) is 0. The topological polar surface area (TPSA) is 25.8 Å². The number of hydrogen-bond acceptors (Lipinski definition) is 2. The van der Waals surface area contributed by atoms with Gasteiger partial charge in [0, 0.05) is 18.0 Å². The van der Waals surface area contributed by atoms with Crippen LogP contribution in [0.3, 0.4) is 0 Å². The zero-order valence-corrected chi connectivity index (χ0v) is 15.4. The van der Waals surface area contributed by atoms with E-state index >= 15 is 0 Å². The van der Waals surface area contributed by atoms with E-state index in [9.17, 15) is 0 Å². The molecule has 0 aliphatic carbocycles. The van der Waals surface area contributed by atoms with Gasteiger partial charge in [0.1, 0.15) is 0 Å². The molecule has 4 rings (SSSR count). The molecule has 0 unspecified atom stereocenters. The Labute approximate surface area is 165 Å². The Bertz CT molecular complexity index is 1080. The molecule has 0 amide bonds. The Kier molecular flexibility index (Phi) is 5.50. The summed E-state index contributed by atoms with van der Waals surface area (Å²) >= 11 is 0. The summed E-state index contributed by atoms with van der Waals surface area (Å²) in [4.78, 5) is 9.13. The van der Waals surface area contributed by atoms with Crippen LogP contribution in [0.15, 0.2) is 97.3 Å². The van der Waals surface area contributed by atoms with Crippen LogP contribution in [0.25, 0.3) is 35.7 Å². The van der Waals surface area contributed by atoms with Crippen molar-refractivity contribution in [2.24, 2.45) is 0 Å². The fraction of sp³-hybridized carbons (Fsp3) is 0. The number of hydrogen-bond donors (Lipinski definition) is 0. The quantitative estimate of drug-likeness (QED) is 0.407. The van der Waals surface area contributed by atoms with Crippen LogP contribution in [0.4, 0.5) is 0 Å². The third-order valence-corrected chi connectivity index (χ3v) is 4.43. The normalized spacial score (nSPS) is 11.3. The SMILES string of the molecule is C(=Cc1ccnc(-c2ccccn2)c1C=Cc1ccccc1)c1ccccc1. The van der Waals surface area contributed by atoms with Gasteiger partial charge in [-0.15, -0.1) is 0 Å². The third-order valence-electron chi connectivity index (χ3n) is 4.43. The van der Waals surface area contributed by atoms with Gasteiger partial charge in [0.25, 0.3) is 0 Å². The maximum atomic E-state index is 4.63. The van der Waals surface area contributed by atoms with E-state index < -0.39 is 0 Å². The average Bonchev–Trinajstić information content (AvgIpc) is 2.78. The molecular weight excluding hydrogens is 340 g/mol. The Morgan fingerprint density at radius 3 is 1.79 bits per heavy atom. The lowest BCUT2D eigenvalue weighted by atomic mass is 10.0. The van der Waals surface area contributed by atoms with E-state index in [0.717, 1.165) is 33.6 Å². The second-order valence-electron chi connectivity index (χ2n) is 6.37. The van der Waals surface area contributed by atoms with Crippen molar-refractivity contribution < 1.29 is 0 Å². The van der Waals surface area contributed by atoms with Gasteiger partial charge in [-0.25, -0.2) is 0 Å². The summed E-state index contributed by atoms with van der Waals surface area (Å²) in [5.74, 6) is 0. The zero-order chi connectivity index (χ0) is 19.0. The Morgan fingerprint density at radius 1 is 0.500 bits per heavy atom. The maximum Gasteiger partial charge on any atom is 0.0964 e. The van der Waals surface area contributed by atoms with E-state index in [1.54, 1.807) is 6.20 Å². The predicted octanol–water partition coefficient (Wildman–Crippen LogP) is 6.48. The van der Waals surface area contributed by atoms with Crippen molar-refractivity contribution >= 4 is 24.3 Å². The maximum absolute atomic E-state index is 4.63. The smallest absolute Gasteiger partial charge is 0.0964 e. The minimum Gasteiger partial charge on any atom is -0.255 e. The van der Waals surface area contributed by atoms with Gasteiger partial charge in [0.05, 0.1) is 11.4 Å². The molecule has 0 N–H and O–H groups in total. The number of aromatic nitrogens is 2. The molecule has 0 radical (unpaired) electrons. The van der Waals surface area contributed by atoms with Gasteiger partial charge in [-0.05, 0) is 34.9 Å². The van der Waals surface area contributed by atoms with Gasteiger partial charge >= 0.3 is 0 Å². The largest absolute Gasteiger partial charge is 0.255 e. The molecule has 0 aliphatic heterocycles. The summed E-state index contributed by atoms with van der Waals surface area (Å²) in [6.07, 6.45) is 12.1. The van der Waals surface area contributed by atoms with E-state index in [4.69, 9.17) is 0 Å². The Balaban J connectivity index is 1.79. The fourth-order valence-electron chi connectivity index (χ4n) is 3.01. The molecule has 0 bridgehead atoms. The fourth-order valence-corrected chi connectivity index (χ4v) is 3.01. The molecule has 0 saturated carbocycles. The van der Waals surface area contributed by atoms with Crippen LogP contribution in [0.1, 0.15) is 22.3 Å². The highest BCUT2D eigenvalue weighted by Gasteiger charge is 2.09. The number of pyridine rings is 2. The number of rotatable bonds is 5. The van der Waals surface area contributed by atoms with Crippen molar-refractivity contribution in [1.29, 1.82) is 0 Å². The lowest BCUT2D eigenvalue weighted by molar-refractivity contribution is 1.24. The molecule has 2 heterocycles. The summed E-state index contributed by atoms with van der Waals surface area (Å²) in [7, 11) is 0. The van der Waals surface area contributed by atoms with E-state index in [1.807, 2.05) is 66.9 Å². The second-order valence-corrected chi connectivity index (χ2v) is 6.37. The molecule has 4 aromatic rings. The van der Waals surface area contributed by atoms with Gasteiger partial charge in [-0.3, -0.25) is 9.97 Å². The molecule has 28 heavy (non-hydrogen) atoms. The van der Waals surface area contributed by atoms with E-state index in [-0.39, 0.29) is 0 Å². The summed E-state index contributed by atoms with van der Waals surface area (Å²) in [6.45, 7) is 0. The monoisotopic (exact) mass is 360 g/mol. The highest BCUT2D eigenvalue weighted by atomic mass is 14.8. The van der Waals surface area contributed by atoms with Crippen LogP contribution in [0, 0.1) is 0 Å². The molecule has 2 aromatic heterocycles. The lowest BCUT2D eigenvalue weighted by Crippen LogP contribution is -1.93. The molecule has 0 atom stereocenters. The highest BCUT2D eigenvalue weighted by Crippen LogP contribution is 2.26. The van der Waals surface area contributed by atoms with Crippen molar-refractivity contribution in [3.63, 3.8) is 0 Å². The molecule has 2 heteroatoms. The number of nitrogens with zero attached hydrogens (tertiary/aromatic N) is 2. The van der Waals surface area contributed by atoms with Crippen LogP contribution in [-0.4, -0.2) is 9.97 Å². The second kappa shape index (κ2) is 8.74. The van der Waals surface area contributed by atoms with Crippen LogP contribution >= 0.6 is 0 Å². The first-order chi connectivity index (χ1) is 13.9. The molecule has 0 aliphatic rings. The summed E-state index contributed by atoms with van der Waals surface area (Å²) in [6, 6.07) is 28.5. The van der Waals surface area contributed by atoms with Crippen LogP contribution in [0.5, 0.6) is 0 Å². The van der Waals surface area contributed by atoms with Crippen LogP contribution < -0.4 is 0 Å². The van der Waals surface area contributed by atoms with E-state index in [0.29, 0.717) is 0 Å². The molecule has 2 nitrogen and oxygen atoms in total. The highest BCUT2D eigenvalue weighted by molar-refractivity contribution is 5.85. The van der Waals surface area contributed by atoms with Crippen molar-refractivity contribution in [3.8, 4) is 11.4 Å². The molecular formula is C26H20N2. The van der Waals surface area contributed by atoms with Crippen molar-refractivity contribution in [2.45, 2.75) is 0 Å². The van der Waals surface area contributed by atoms with Crippen molar-refractivity contribution in [3.05, 3.63) is 120 Å². The molecule has 0 saturated heterocycles. The first-order valence-electron chi connectivity index (χ1n) is 9.27. The predicted molar refractivity (Wildman–Crippen MR) is 118 cm³/mol. The van der Waals surface area contributed by atoms with Gasteiger partial charge < -0.3 is 0 Å². The van der Waals surface area contributed by atoms with Gasteiger partial charge in [0.15, 0.2) is 0 Å². The third kappa shape index (κ3) is 4.30. The van der Waals surface area contributed by atoms with Crippen LogP contribution in [-0.2, 0) is 0 Å². The first-order valence-corrected chi connectivity index (χ1v) is 9.27. The Hall–Kier alpha value is -3.78. The summed E-state index contributed by atoms with van der Waals surface area (Å²) < 4.78 is 0. The standard InChI is InChI=1S/C26H20N2/c1-3-9-21(10-4-1)14-16-23-18-20-28-26(25-13-7-8-19-27-25)24(23)17-15-22-11-5-2-6-12-22/h1-20H. The first kappa shape index (κ1) is 17.6. The summed E-state index contributed by atoms with van der Waals surface area (Å²) in [5.41, 5.74) is 6.21. The Morgan fingerprint density at radius 2 is 1.14 bits per heavy atom. The molecule has 2 aromatic carbocycles. The lowest BCUT2D eigenvalue weighted by Gasteiger charge is -2.08. The molecule has 0 spiro atoms. The molecule has 134 valence electrons. The van der Waals surface area contributed by atoms with Gasteiger partial charge in [0.2, 0.25) is 0 Å². The van der Waals surface area contributed by atoms with Crippen molar-refractivity contribution in [1.82, 2.24) is 9.97 Å². The minimum atomic E-state index is 0.866. The zero-order valence-electron chi connectivity index (χ0n) is 15.4. The van der Waals surface area contributed by atoms with Crippen molar-refractivity contribution in [2.75, 3.05) is 0 Å². The minimum absolute atomic E-state index is 0.866. The van der Waals surface area contributed by atoms with Gasteiger partial charge in [-0.1, -0.05) is 91.0 Å². The molecule has 0 fully saturated rings. The van der Waals surface area contributed by atoms with Gasteiger partial charge in [-0.2, -0.15) is 0 Å². The van der Waals surface area contributed by atoms with Crippen LogP contribution in [0.2, 0.25) is 0 Å². The van der Waals surface area contributed by atoms with E-state index in [2.05, 4.69) is 58.5 Å². The number of benzene rings is 2. The van der Waals surface area contributed by atoms with E-state index in [1.165, 1.54) is 0 Å².